The highest BCUT2D eigenvalue weighted by atomic mass is 79.9. The first-order valence-electron chi connectivity index (χ1n) is 5.99. The second kappa shape index (κ2) is 5.98. The van der Waals surface area contributed by atoms with E-state index in [1.54, 1.807) is 0 Å². The minimum absolute atomic E-state index is 0.0276. The highest BCUT2D eigenvalue weighted by Crippen LogP contribution is 2.38. The van der Waals surface area contributed by atoms with E-state index in [0.717, 1.165) is 33.5 Å². The molecule has 0 fully saturated rings. The minimum atomic E-state index is 0.0276. The summed E-state index contributed by atoms with van der Waals surface area (Å²) in [6, 6.07) is 4.02. The summed E-state index contributed by atoms with van der Waals surface area (Å²) in [6.07, 6.45) is 2.97. The number of alkyl halides is 1. The van der Waals surface area contributed by atoms with Crippen molar-refractivity contribution in [3.05, 3.63) is 27.7 Å². The summed E-state index contributed by atoms with van der Waals surface area (Å²) in [7, 11) is 0. The van der Waals surface area contributed by atoms with E-state index in [1.807, 2.05) is 26.0 Å². The summed E-state index contributed by atoms with van der Waals surface area (Å²) < 4.78 is 12.3. The summed E-state index contributed by atoms with van der Waals surface area (Å²) in [6.45, 7) is 5.37. The quantitative estimate of drug-likeness (QED) is 0.735. The van der Waals surface area contributed by atoms with Gasteiger partial charge in [-0.05, 0) is 47.5 Å². The third-order valence-corrected chi connectivity index (χ3v) is 3.78. The Bertz CT molecular complexity index is 469. The molecule has 0 saturated heterocycles. The monoisotopic (exact) mass is 330 g/mol. The van der Waals surface area contributed by atoms with Gasteiger partial charge in [0.05, 0.1) is 23.1 Å². The third-order valence-electron chi connectivity index (χ3n) is 2.85. The molecule has 0 radical (unpaired) electrons. The molecule has 1 aliphatic heterocycles. The van der Waals surface area contributed by atoms with Crippen molar-refractivity contribution >= 4 is 33.6 Å². The maximum Gasteiger partial charge on any atom is 0.175 e. The molecule has 1 heterocycles. The van der Waals surface area contributed by atoms with Crippen molar-refractivity contribution in [2.45, 2.75) is 25.6 Å². The van der Waals surface area contributed by atoms with E-state index in [9.17, 15) is 0 Å². The Hall–Kier alpha value is -0.670. The molecule has 0 saturated carbocycles. The first kappa shape index (κ1) is 13.8. The maximum absolute atomic E-state index is 6.05. The lowest BCUT2D eigenvalue weighted by molar-refractivity contribution is 0.296. The van der Waals surface area contributed by atoms with Crippen molar-refractivity contribution in [2.75, 3.05) is 13.2 Å². The van der Waals surface area contributed by atoms with Crippen molar-refractivity contribution in [3.8, 4) is 11.5 Å². The molecule has 1 aromatic carbocycles. The predicted octanol–water partition coefficient (Wildman–Crippen LogP) is 4.64. The summed E-state index contributed by atoms with van der Waals surface area (Å²) in [5.74, 6) is 1.59. The molecule has 1 aromatic rings. The van der Waals surface area contributed by atoms with Gasteiger partial charge in [-0.3, -0.25) is 0 Å². The first-order chi connectivity index (χ1) is 8.58. The van der Waals surface area contributed by atoms with Crippen molar-refractivity contribution in [3.63, 3.8) is 0 Å². The Morgan fingerprint density at radius 3 is 2.83 bits per heavy atom. The molecule has 2 nitrogen and oxygen atoms in total. The number of benzene rings is 1. The zero-order chi connectivity index (χ0) is 13.1. The van der Waals surface area contributed by atoms with Gasteiger partial charge in [0, 0.05) is 6.42 Å². The molecular weight excluding hydrogens is 316 g/mol. The number of hydrogen-bond donors (Lipinski definition) is 0. The molecule has 0 N–H and O–H groups in total. The van der Waals surface area contributed by atoms with E-state index in [2.05, 4.69) is 22.0 Å². The number of allylic oxidation sites excluding steroid dienone is 1. The largest absolute Gasteiger partial charge is 0.489 e. The highest BCUT2D eigenvalue weighted by Gasteiger charge is 2.14. The molecule has 1 aliphatic rings. The molecule has 2 rings (SSSR count). The molecule has 1 unspecified atom stereocenters. The lowest BCUT2D eigenvalue weighted by Crippen LogP contribution is -1.97. The Morgan fingerprint density at radius 1 is 1.39 bits per heavy atom. The summed E-state index contributed by atoms with van der Waals surface area (Å²) in [4.78, 5) is 0. The van der Waals surface area contributed by atoms with E-state index in [-0.39, 0.29) is 5.38 Å². The average Bonchev–Trinajstić information content (AvgIpc) is 2.54. The van der Waals surface area contributed by atoms with Crippen LogP contribution in [0.5, 0.6) is 11.5 Å². The van der Waals surface area contributed by atoms with Crippen molar-refractivity contribution in [2.24, 2.45) is 0 Å². The summed E-state index contributed by atoms with van der Waals surface area (Å²) >= 11 is 9.58. The minimum Gasteiger partial charge on any atom is -0.489 e. The van der Waals surface area contributed by atoms with Crippen LogP contribution >= 0.6 is 27.5 Å². The number of halogens is 2. The molecule has 1 atom stereocenters. The SMILES string of the molecule is C/C(=C\c1cc(Br)c2c(c1)OCCCO2)C(C)Cl. The summed E-state index contributed by atoms with van der Waals surface area (Å²) in [5, 5.41) is 0.0276. The van der Waals surface area contributed by atoms with Gasteiger partial charge in [-0.15, -0.1) is 11.6 Å². The predicted molar refractivity (Wildman–Crippen MR) is 78.7 cm³/mol. The van der Waals surface area contributed by atoms with Crippen molar-refractivity contribution in [1.29, 1.82) is 0 Å². The third kappa shape index (κ3) is 3.21. The van der Waals surface area contributed by atoms with Gasteiger partial charge in [0.1, 0.15) is 0 Å². The van der Waals surface area contributed by atoms with Crippen molar-refractivity contribution < 1.29 is 9.47 Å². The van der Waals surface area contributed by atoms with Gasteiger partial charge in [-0.2, -0.15) is 0 Å². The molecule has 0 spiro atoms. The smallest absolute Gasteiger partial charge is 0.175 e. The van der Waals surface area contributed by atoms with Gasteiger partial charge < -0.3 is 9.47 Å². The Kier molecular flexibility index (Phi) is 4.57. The van der Waals surface area contributed by atoms with Crippen LogP contribution in [0.25, 0.3) is 6.08 Å². The van der Waals surface area contributed by atoms with Gasteiger partial charge in [0.2, 0.25) is 0 Å². The number of rotatable bonds is 2. The normalized spacial score (nSPS) is 17.2. The molecular formula is C14H16BrClO2. The van der Waals surface area contributed by atoms with Crippen LogP contribution in [0.15, 0.2) is 22.2 Å². The molecule has 98 valence electrons. The Morgan fingerprint density at radius 2 is 2.11 bits per heavy atom. The second-order valence-corrected chi connectivity index (χ2v) is 5.89. The van der Waals surface area contributed by atoms with Gasteiger partial charge >= 0.3 is 0 Å². The zero-order valence-electron chi connectivity index (χ0n) is 10.5. The lowest BCUT2D eigenvalue weighted by atomic mass is 10.1. The molecule has 0 aromatic heterocycles. The molecule has 4 heteroatoms. The standard InChI is InChI=1S/C14H16BrClO2/c1-9(10(2)16)6-11-7-12(15)14-13(8-11)17-4-3-5-18-14/h6-8,10H,3-5H2,1-2H3/b9-6+. The topological polar surface area (TPSA) is 18.5 Å². The molecule has 0 aliphatic carbocycles. The Labute approximate surface area is 121 Å². The van der Waals surface area contributed by atoms with Gasteiger partial charge in [0.25, 0.3) is 0 Å². The fraction of sp³-hybridized carbons (Fsp3) is 0.429. The van der Waals surface area contributed by atoms with Crippen LogP contribution in [0, 0.1) is 0 Å². The average molecular weight is 332 g/mol. The van der Waals surface area contributed by atoms with Gasteiger partial charge in [-0.25, -0.2) is 0 Å². The van der Waals surface area contributed by atoms with Crippen LogP contribution in [-0.2, 0) is 0 Å². The van der Waals surface area contributed by atoms with Crippen LogP contribution in [-0.4, -0.2) is 18.6 Å². The Balaban J connectivity index is 2.37. The van der Waals surface area contributed by atoms with Gasteiger partial charge in [-0.1, -0.05) is 11.6 Å². The number of fused-ring (bicyclic) bond motifs is 1. The molecule has 18 heavy (non-hydrogen) atoms. The van der Waals surface area contributed by atoms with Crippen LogP contribution in [0.1, 0.15) is 25.8 Å². The van der Waals surface area contributed by atoms with E-state index < -0.39 is 0 Å². The number of hydrogen-bond acceptors (Lipinski definition) is 2. The van der Waals surface area contributed by atoms with E-state index in [1.165, 1.54) is 0 Å². The van der Waals surface area contributed by atoms with Crippen LogP contribution in [0.3, 0.4) is 0 Å². The maximum atomic E-state index is 6.05. The van der Waals surface area contributed by atoms with E-state index >= 15 is 0 Å². The van der Waals surface area contributed by atoms with Crippen molar-refractivity contribution in [1.82, 2.24) is 0 Å². The molecule has 0 bridgehead atoms. The lowest BCUT2D eigenvalue weighted by Gasteiger charge is -2.11. The number of ether oxygens (including phenoxy) is 2. The molecule has 0 amide bonds. The zero-order valence-corrected chi connectivity index (χ0v) is 12.8. The van der Waals surface area contributed by atoms with Crippen LogP contribution < -0.4 is 9.47 Å². The second-order valence-electron chi connectivity index (χ2n) is 4.38. The van der Waals surface area contributed by atoms with E-state index in [0.29, 0.717) is 13.2 Å². The fourth-order valence-electron chi connectivity index (χ4n) is 1.71. The fourth-order valence-corrected chi connectivity index (χ4v) is 2.35. The summed E-state index contributed by atoms with van der Waals surface area (Å²) in [5.41, 5.74) is 2.19. The van der Waals surface area contributed by atoms with Crippen LogP contribution in [0.4, 0.5) is 0 Å². The van der Waals surface area contributed by atoms with E-state index in [4.69, 9.17) is 21.1 Å². The first-order valence-corrected chi connectivity index (χ1v) is 7.22. The highest BCUT2D eigenvalue weighted by molar-refractivity contribution is 9.10. The van der Waals surface area contributed by atoms with Crippen LogP contribution in [0.2, 0.25) is 0 Å². The van der Waals surface area contributed by atoms with Gasteiger partial charge in [0.15, 0.2) is 11.5 Å².